The second-order valence-electron chi connectivity index (χ2n) is 6.86. The van der Waals surface area contributed by atoms with Crippen LogP contribution in [0.15, 0.2) is 30.7 Å². The molecule has 0 N–H and O–H groups in total. The zero-order chi connectivity index (χ0) is 16.7. The topological polar surface area (TPSA) is 49.3 Å². The van der Waals surface area contributed by atoms with Crippen LogP contribution in [0.2, 0.25) is 0 Å². The first-order valence-electron chi connectivity index (χ1n) is 8.48. The molecule has 4 rings (SSSR count). The Balaban J connectivity index is 1.48. The maximum Gasteiger partial charge on any atom is 0.263 e. The van der Waals surface area contributed by atoms with Gasteiger partial charge in [-0.3, -0.25) is 9.78 Å². The van der Waals surface area contributed by atoms with Gasteiger partial charge in [0.1, 0.15) is 5.82 Å². The van der Waals surface area contributed by atoms with Crippen molar-refractivity contribution in [2.45, 2.75) is 25.8 Å². The van der Waals surface area contributed by atoms with Gasteiger partial charge in [0.25, 0.3) is 5.91 Å². The van der Waals surface area contributed by atoms with E-state index in [4.69, 9.17) is 0 Å². The van der Waals surface area contributed by atoms with Crippen LogP contribution < -0.4 is 4.90 Å². The van der Waals surface area contributed by atoms with Crippen LogP contribution >= 0.6 is 11.3 Å². The van der Waals surface area contributed by atoms with Crippen LogP contribution in [-0.2, 0) is 0 Å². The van der Waals surface area contributed by atoms with Crippen molar-refractivity contribution >= 4 is 23.1 Å². The Hall–Kier alpha value is -1.95. The Morgan fingerprint density at radius 2 is 2.17 bits per heavy atom. The summed E-state index contributed by atoms with van der Waals surface area (Å²) in [5.74, 6) is 2.26. The summed E-state index contributed by atoms with van der Waals surface area (Å²) < 4.78 is 0. The van der Waals surface area contributed by atoms with Gasteiger partial charge in [0.2, 0.25) is 0 Å². The number of thiophene rings is 1. The third-order valence-corrected chi connectivity index (χ3v) is 6.45. The van der Waals surface area contributed by atoms with E-state index in [0.29, 0.717) is 17.9 Å². The minimum atomic E-state index is 0.198. The molecule has 2 aromatic rings. The lowest BCUT2D eigenvalue weighted by Crippen LogP contribution is -2.38. The third-order valence-electron chi connectivity index (χ3n) is 5.47. The number of aromatic nitrogens is 2. The van der Waals surface area contributed by atoms with Crippen LogP contribution in [0.25, 0.3) is 0 Å². The summed E-state index contributed by atoms with van der Waals surface area (Å²) in [4.78, 5) is 27.7. The molecule has 24 heavy (non-hydrogen) atoms. The SMILES string of the molecule is Cc1ccc(C(=O)N2C[C@H]3CC[C@@H](N(C)c4cnccn4)[C@H]3C2)s1. The second-order valence-corrected chi connectivity index (χ2v) is 8.15. The predicted molar refractivity (Wildman–Crippen MR) is 95.4 cm³/mol. The normalized spacial score (nSPS) is 25.8. The van der Waals surface area contributed by atoms with Crippen LogP contribution in [0, 0.1) is 18.8 Å². The van der Waals surface area contributed by atoms with Crippen molar-refractivity contribution in [1.29, 1.82) is 0 Å². The molecule has 1 aliphatic carbocycles. The van der Waals surface area contributed by atoms with Gasteiger partial charge in [-0.1, -0.05) is 0 Å². The summed E-state index contributed by atoms with van der Waals surface area (Å²) >= 11 is 1.59. The molecule has 0 spiro atoms. The largest absolute Gasteiger partial charge is 0.355 e. The lowest BCUT2D eigenvalue weighted by atomic mass is 9.97. The third kappa shape index (κ3) is 2.69. The van der Waals surface area contributed by atoms with E-state index in [2.05, 4.69) is 26.8 Å². The molecular formula is C18H22N4OS. The van der Waals surface area contributed by atoms with Gasteiger partial charge in [0, 0.05) is 49.4 Å². The minimum absolute atomic E-state index is 0.198. The molecule has 0 unspecified atom stereocenters. The lowest BCUT2D eigenvalue weighted by molar-refractivity contribution is 0.0784. The molecule has 1 saturated carbocycles. The molecule has 3 heterocycles. The Kier molecular flexibility index (Phi) is 4.00. The van der Waals surface area contributed by atoms with Crippen LogP contribution in [0.4, 0.5) is 5.82 Å². The first-order chi connectivity index (χ1) is 11.6. The highest BCUT2D eigenvalue weighted by Crippen LogP contribution is 2.41. The number of anilines is 1. The quantitative estimate of drug-likeness (QED) is 0.861. The molecule has 2 aliphatic rings. The smallest absolute Gasteiger partial charge is 0.263 e. The van der Waals surface area contributed by atoms with Gasteiger partial charge >= 0.3 is 0 Å². The number of carbonyl (C=O) groups is 1. The van der Waals surface area contributed by atoms with Crippen molar-refractivity contribution < 1.29 is 4.79 Å². The summed E-state index contributed by atoms with van der Waals surface area (Å²) in [6, 6.07) is 4.42. The van der Waals surface area contributed by atoms with Crippen molar-refractivity contribution in [2.75, 3.05) is 25.0 Å². The van der Waals surface area contributed by atoms with E-state index >= 15 is 0 Å². The van der Waals surface area contributed by atoms with Crippen molar-refractivity contribution in [2.24, 2.45) is 11.8 Å². The van der Waals surface area contributed by atoms with E-state index in [1.807, 2.05) is 25.3 Å². The first-order valence-corrected chi connectivity index (χ1v) is 9.29. The molecular weight excluding hydrogens is 320 g/mol. The van der Waals surface area contributed by atoms with E-state index in [0.717, 1.165) is 23.8 Å². The number of hydrogen-bond donors (Lipinski definition) is 0. The minimum Gasteiger partial charge on any atom is -0.355 e. The molecule has 0 radical (unpaired) electrons. The standard InChI is InChI=1S/C18H22N4OS/c1-12-3-6-16(24-12)18(23)22-10-13-4-5-15(14(13)11-22)21(2)17-9-19-7-8-20-17/h3,6-9,13-15H,4-5,10-11H2,1-2H3/t13-,14+,15-/m1/s1. The number of rotatable bonds is 3. The summed E-state index contributed by atoms with van der Waals surface area (Å²) in [6.45, 7) is 3.80. The molecule has 2 fully saturated rings. The van der Waals surface area contributed by atoms with E-state index < -0.39 is 0 Å². The maximum atomic E-state index is 12.7. The van der Waals surface area contributed by atoms with Gasteiger partial charge in [-0.05, 0) is 37.8 Å². The molecule has 5 nitrogen and oxygen atoms in total. The van der Waals surface area contributed by atoms with Crippen LogP contribution in [-0.4, -0.2) is 47.0 Å². The highest BCUT2D eigenvalue weighted by Gasteiger charge is 2.45. The van der Waals surface area contributed by atoms with Crippen molar-refractivity contribution in [1.82, 2.24) is 14.9 Å². The Labute approximate surface area is 146 Å². The van der Waals surface area contributed by atoms with Crippen molar-refractivity contribution in [3.63, 3.8) is 0 Å². The van der Waals surface area contributed by atoms with Gasteiger partial charge in [-0.25, -0.2) is 4.98 Å². The number of nitrogens with zero attached hydrogens (tertiary/aromatic N) is 4. The van der Waals surface area contributed by atoms with Crippen LogP contribution in [0.3, 0.4) is 0 Å². The van der Waals surface area contributed by atoms with E-state index in [-0.39, 0.29) is 5.91 Å². The molecule has 1 aliphatic heterocycles. The van der Waals surface area contributed by atoms with E-state index in [1.165, 1.54) is 17.7 Å². The molecule has 6 heteroatoms. The highest BCUT2D eigenvalue weighted by molar-refractivity contribution is 7.13. The van der Waals surface area contributed by atoms with Crippen LogP contribution in [0.1, 0.15) is 27.4 Å². The van der Waals surface area contributed by atoms with Gasteiger partial charge < -0.3 is 9.80 Å². The molecule has 1 saturated heterocycles. The van der Waals surface area contributed by atoms with Crippen molar-refractivity contribution in [3.8, 4) is 0 Å². The fraction of sp³-hybridized carbons (Fsp3) is 0.500. The highest BCUT2D eigenvalue weighted by atomic mass is 32.1. The summed E-state index contributed by atoms with van der Waals surface area (Å²) in [7, 11) is 2.10. The summed E-state index contributed by atoms with van der Waals surface area (Å²) in [5, 5.41) is 0. The van der Waals surface area contributed by atoms with E-state index in [1.54, 1.807) is 23.7 Å². The fourth-order valence-corrected chi connectivity index (χ4v) is 5.07. The van der Waals surface area contributed by atoms with Gasteiger partial charge in [-0.2, -0.15) is 0 Å². The summed E-state index contributed by atoms with van der Waals surface area (Å²) in [5.41, 5.74) is 0. The second kappa shape index (κ2) is 6.16. The zero-order valence-corrected chi connectivity index (χ0v) is 14.9. The number of likely N-dealkylation sites (tertiary alicyclic amines) is 1. The molecule has 0 aromatic carbocycles. The molecule has 3 atom stereocenters. The lowest BCUT2D eigenvalue weighted by Gasteiger charge is -2.30. The Bertz CT molecular complexity index is 732. The predicted octanol–water partition coefficient (Wildman–Crippen LogP) is 2.83. The molecule has 0 bridgehead atoms. The zero-order valence-electron chi connectivity index (χ0n) is 14.1. The number of aryl methyl sites for hydroxylation is 1. The van der Waals surface area contributed by atoms with E-state index in [9.17, 15) is 4.79 Å². The van der Waals surface area contributed by atoms with Gasteiger partial charge in [-0.15, -0.1) is 11.3 Å². The average Bonchev–Trinajstić information content (AvgIpc) is 3.29. The number of fused-ring (bicyclic) bond motifs is 1. The molecule has 126 valence electrons. The number of hydrogen-bond acceptors (Lipinski definition) is 5. The van der Waals surface area contributed by atoms with Gasteiger partial charge in [0.05, 0.1) is 11.1 Å². The number of carbonyl (C=O) groups excluding carboxylic acids is 1. The summed E-state index contributed by atoms with van der Waals surface area (Å²) in [6.07, 6.45) is 7.62. The first kappa shape index (κ1) is 15.6. The van der Waals surface area contributed by atoms with Crippen molar-refractivity contribution in [3.05, 3.63) is 40.5 Å². The fourth-order valence-electron chi connectivity index (χ4n) is 4.23. The molecule has 1 amide bonds. The molecule has 2 aromatic heterocycles. The Morgan fingerprint density at radius 3 is 2.88 bits per heavy atom. The van der Waals surface area contributed by atoms with Gasteiger partial charge in [0.15, 0.2) is 0 Å². The van der Waals surface area contributed by atoms with Crippen LogP contribution in [0.5, 0.6) is 0 Å². The number of amides is 1. The average molecular weight is 342 g/mol. The maximum absolute atomic E-state index is 12.7. The monoisotopic (exact) mass is 342 g/mol. The Morgan fingerprint density at radius 1 is 1.29 bits per heavy atom.